The second-order valence-electron chi connectivity index (χ2n) is 8.00. The zero-order chi connectivity index (χ0) is 21.9. The quantitative estimate of drug-likeness (QED) is 0.523. The summed E-state index contributed by atoms with van der Waals surface area (Å²) in [6.45, 7) is 3.90. The van der Waals surface area contributed by atoms with Crippen molar-refractivity contribution >= 4 is 17.2 Å². The van der Waals surface area contributed by atoms with E-state index in [0.29, 0.717) is 18.2 Å². The first-order chi connectivity index (χ1) is 15.7. The highest BCUT2D eigenvalue weighted by Crippen LogP contribution is 2.18. The SMILES string of the molecule is CN1CCCN(C(=O)c2cn(-c3nc(CNc4ccccn4)c4ccccn34)cn2)CC1. The Morgan fingerprint density at radius 2 is 1.97 bits per heavy atom. The first-order valence-electron chi connectivity index (χ1n) is 10.8. The number of imidazole rings is 2. The summed E-state index contributed by atoms with van der Waals surface area (Å²) < 4.78 is 3.82. The van der Waals surface area contributed by atoms with E-state index in [1.54, 1.807) is 18.7 Å². The predicted octanol–water partition coefficient (Wildman–Crippen LogP) is 2.30. The average molecular weight is 431 g/mol. The van der Waals surface area contributed by atoms with Gasteiger partial charge in [0.1, 0.15) is 17.8 Å². The number of amides is 1. The summed E-state index contributed by atoms with van der Waals surface area (Å²) in [6, 6.07) is 11.7. The third kappa shape index (κ3) is 4.06. The van der Waals surface area contributed by atoms with Crippen molar-refractivity contribution in [3.63, 3.8) is 0 Å². The normalized spacial score (nSPS) is 15.1. The fourth-order valence-electron chi connectivity index (χ4n) is 3.99. The van der Waals surface area contributed by atoms with Crippen molar-refractivity contribution in [1.29, 1.82) is 0 Å². The molecule has 0 unspecified atom stereocenters. The summed E-state index contributed by atoms with van der Waals surface area (Å²) in [5.74, 6) is 1.46. The molecular weight excluding hydrogens is 404 g/mol. The van der Waals surface area contributed by atoms with E-state index in [1.165, 1.54) is 0 Å². The van der Waals surface area contributed by atoms with E-state index in [0.717, 1.165) is 49.6 Å². The van der Waals surface area contributed by atoms with Gasteiger partial charge in [-0.05, 0) is 44.3 Å². The van der Waals surface area contributed by atoms with Crippen molar-refractivity contribution in [1.82, 2.24) is 33.7 Å². The number of carbonyl (C=O) groups excluding carboxylic acids is 1. The number of likely N-dealkylation sites (N-methyl/N-ethyl adjacent to an activating group) is 1. The van der Waals surface area contributed by atoms with Crippen LogP contribution in [0.15, 0.2) is 61.3 Å². The van der Waals surface area contributed by atoms with E-state index in [1.807, 2.05) is 56.5 Å². The lowest BCUT2D eigenvalue weighted by Crippen LogP contribution is -2.34. The lowest BCUT2D eigenvalue weighted by molar-refractivity contribution is 0.0757. The molecule has 0 saturated carbocycles. The number of carbonyl (C=O) groups is 1. The van der Waals surface area contributed by atoms with Gasteiger partial charge in [-0.3, -0.25) is 13.8 Å². The molecule has 1 saturated heterocycles. The third-order valence-electron chi connectivity index (χ3n) is 5.75. The molecule has 0 aliphatic carbocycles. The summed E-state index contributed by atoms with van der Waals surface area (Å²) in [5, 5.41) is 3.32. The van der Waals surface area contributed by atoms with Crippen LogP contribution in [-0.4, -0.2) is 72.9 Å². The van der Waals surface area contributed by atoms with Crippen LogP contribution >= 0.6 is 0 Å². The monoisotopic (exact) mass is 430 g/mol. The number of pyridine rings is 2. The minimum atomic E-state index is -0.0306. The Hall–Kier alpha value is -3.72. The van der Waals surface area contributed by atoms with Gasteiger partial charge in [0.05, 0.1) is 17.8 Å². The molecule has 4 aromatic heterocycles. The molecule has 1 aliphatic rings. The molecule has 1 fully saturated rings. The average Bonchev–Trinajstić information content (AvgIpc) is 3.39. The van der Waals surface area contributed by atoms with Crippen LogP contribution in [0.4, 0.5) is 5.82 Å². The molecule has 0 spiro atoms. The molecule has 0 atom stereocenters. The van der Waals surface area contributed by atoms with Crippen molar-refractivity contribution in [2.45, 2.75) is 13.0 Å². The number of rotatable bonds is 5. The maximum Gasteiger partial charge on any atom is 0.274 e. The van der Waals surface area contributed by atoms with E-state index < -0.39 is 0 Å². The lowest BCUT2D eigenvalue weighted by Gasteiger charge is -2.19. The van der Waals surface area contributed by atoms with Crippen LogP contribution in [0, 0.1) is 0 Å². The van der Waals surface area contributed by atoms with Crippen molar-refractivity contribution < 1.29 is 4.79 Å². The fraction of sp³-hybridized carbons (Fsp3) is 0.304. The Bertz CT molecular complexity index is 1220. The molecule has 1 amide bonds. The topological polar surface area (TPSA) is 83.6 Å². The van der Waals surface area contributed by atoms with Gasteiger partial charge >= 0.3 is 0 Å². The molecule has 5 rings (SSSR count). The molecule has 9 heteroatoms. The zero-order valence-electron chi connectivity index (χ0n) is 18.1. The van der Waals surface area contributed by atoms with E-state index in [2.05, 4.69) is 27.2 Å². The van der Waals surface area contributed by atoms with Crippen LogP contribution in [0.2, 0.25) is 0 Å². The second-order valence-corrected chi connectivity index (χ2v) is 8.00. The maximum absolute atomic E-state index is 13.0. The van der Waals surface area contributed by atoms with Gasteiger partial charge in [0, 0.05) is 38.2 Å². The maximum atomic E-state index is 13.0. The van der Waals surface area contributed by atoms with Gasteiger partial charge in [0.15, 0.2) is 0 Å². The van der Waals surface area contributed by atoms with Gasteiger partial charge in [0.25, 0.3) is 5.91 Å². The summed E-state index contributed by atoms with van der Waals surface area (Å²) in [5.41, 5.74) is 2.32. The van der Waals surface area contributed by atoms with Gasteiger partial charge in [-0.1, -0.05) is 12.1 Å². The Kier molecular flexibility index (Phi) is 5.55. The van der Waals surface area contributed by atoms with Crippen molar-refractivity contribution in [3.05, 3.63) is 72.7 Å². The van der Waals surface area contributed by atoms with Gasteiger partial charge in [0.2, 0.25) is 5.95 Å². The number of aromatic nitrogens is 5. The van der Waals surface area contributed by atoms with Crippen molar-refractivity contribution in [3.8, 4) is 5.95 Å². The van der Waals surface area contributed by atoms with Crippen LogP contribution in [0.5, 0.6) is 0 Å². The highest BCUT2D eigenvalue weighted by Gasteiger charge is 2.22. The van der Waals surface area contributed by atoms with E-state index in [4.69, 9.17) is 4.98 Å². The number of nitrogens with one attached hydrogen (secondary N) is 1. The summed E-state index contributed by atoms with van der Waals surface area (Å²) in [4.78, 5) is 30.7. The highest BCUT2D eigenvalue weighted by molar-refractivity contribution is 5.92. The highest BCUT2D eigenvalue weighted by atomic mass is 16.2. The molecule has 4 aromatic rings. The first kappa shape index (κ1) is 20.2. The van der Waals surface area contributed by atoms with Crippen LogP contribution in [0.25, 0.3) is 11.5 Å². The lowest BCUT2D eigenvalue weighted by atomic mass is 10.3. The van der Waals surface area contributed by atoms with E-state index in [-0.39, 0.29) is 5.91 Å². The molecule has 5 heterocycles. The molecule has 164 valence electrons. The standard InChI is InChI=1S/C23H26N8O/c1-28-10-6-11-29(14-13-28)22(32)19-16-30(17-26-19)23-27-18(20-7-3-5-12-31(20)23)15-25-21-8-2-4-9-24-21/h2-5,7-9,12,16-17H,6,10-11,13-15H2,1H3,(H,24,25). The second kappa shape index (κ2) is 8.80. The van der Waals surface area contributed by atoms with Gasteiger partial charge in [-0.25, -0.2) is 15.0 Å². The Balaban J connectivity index is 1.40. The predicted molar refractivity (Wildman–Crippen MR) is 122 cm³/mol. The molecule has 0 aromatic carbocycles. The summed E-state index contributed by atoms with van der Waals surface area (Å²) >= 11 is 0. The minimum absolute atomic E-state index is 0.0306. The Morgan fingerprint density at radius 1 is 1.06 bits per heavy atom. The number of hydrogen-bond acceptors (Lipinski definition) is 6. The molecule has 9 nitrogen and oxygen atoms in total. The first-order valence-corrected chi connectivity index (χ1v) is 10.8. The van der Waals surface area contributed by atoms with Crippen LogP contribution in [-0.2, 0) is 6.54 Å². The Labute approximate surface area is 186 Å². The van der Waals surface area contributed by atoms with Crippen molar-refractivity contribution in [2.24, 2.45) is 0 Å². The number of fused-ring (bicyclic) bond motifs is 1. The molecule has 0 radical (unpaired) electrons. The van der Waals surface area contributed by atoms with Gasteiger partial charge in [-0.15, -0.1) is 0 Å². The number of nitrogens with zero attached hydrogens (tertiary/aromatic N) is 7. The van der Waals surface area contributed by atoms with E-state index >= 15 is 0 Å². The van der Waals surface area contributed by atoms with Gasteiger partial charge in [-0.2, -0.15) is 0 Å². The van der Waals surface area contributed by atoms with E-state index in [9.17, 15) is 4.79 Å². The molecule has 1 N–H and O–H groups in total. The summed E-state index contributed by atoms with van der Waals surface area (Å²) in [6.07, 6.45) is 8.13. The minimum Gasteiger partial charge on any atom is -0.364 e. The van der Waals surface area contributed by atoms with Crippen LogP contribution < -0.4 is 5.32 Å². The number of hydrogen-bond donors (Lipinski definition) is 1. The number of anilines is 1. The van der Waals surface area contributed by atoms with Crippen LogP contribution in [0.1, 0.15) is 22.6 Å². The smallest absolute Gasteiger partial charge is 0.274 e. The van der Waals surface area contributed by atoms with Crippen LogP contribution in [0.3, 0.4) is 0 Å². The molecule has 32 heavy (non-hydrogen) atoms. The van der Waals surface area contributed by atoms with Gasteiger partial charge < -0.3 is 15.1 Å². The third-order valence-corrected chi connectivity index (χ3v) is 5.75. The Morgan fingerprint density at radius 3 is 2.84 bits per heavy atom. The summed E-state index contributed by atoms with van der Waals surface area (Å²) in [7, 11) is 2.09. The molecule has 0 bridgehead atoms. The zero-order valence-corrected chi connectivity index (χ0v) is 18.1. The molecule has 1 aliphatic heterocycles. The fourth-order valence-corrected chi connectivity index (χ4v) is 3.99. The largest absolute Gasteiger partial charge is 0.364 e. The molecular formula is C23H26N8O. The van der Waals surface area contributed by atoms with Crippen molar-refractivity contribution in [2.75, 3.05) is 38.5 Å².